The van der Waals surface area contributed by atoms with E-state index in [0.717, 1.165) is 43.2 Å². The van der Waals surface area contributed by atoms with E-state index < -0.39 is 15.3 Å². The van der Waals surface area contributed by atoms with Crippen LogP contribution in [0.15, 0.2) is 45.3 Å². The monoisotopic (exact) mass is 482 g/mol. The van der Waals surface area contributed by atoms with Gasteiger partial charge in [-0.3, -0.25) is 20.2 Å². The summed E-state index contributed by atoms with van der Waals surface area (Å²) in [5, 5.41) is 22.7. The van der Waals surface area contributed by atoms with Crippen LogP contribution < -0.4 is 0 Å². The number of rotatable bonds is 4. The first-order valence-corrected chi connectivity index (χ1v) is 9.82. The molecule has 2 aromatic carbocycles. The Hall–Kier alpha value is -1.80. The average Bonchev–Trinajstić information content (AvgIpc) is 2.62. The molecule has 0 N–H and O–H groups in total. The highest BCUT2D eigenvalue weighted by Gasteiger charge is 2.38. The summed E-state index contributed by atoms with van der Waals surface area (Å²) >= 11 is 6.46. The highest BCUT2D eigenvalue weighted by Crippen LogP contribution is 2.47. The summed E-state index contributed by atoms with van der Waals surface area (Å²) in [6.45, 7) is 0. The molecule has 0 saturated heterocycles. The van der Waals surface area contributed by atoms with E-state index in [2.05, 4.69) is 31.9 Å². The molecule has 1 aliphatic rings. The zero-order chi connectivity index (χ0) is 18.9. The zero-order valence-corrected chi connectivity index (χ0v) is 17.0. The molecule has 0 aromatic heterocycles. The van der Waals surface area contributed by atoms with Crippen molar-refractivity contribution in [1.82, 2.24) is 0 Å². The molecule has 26 heavy (non-hydrogen) atoms. The van der Waals surface area contributed by atoms with Gasteiger partial charge in [0.1, 0.15) is 0 Å². The molecule has 0 unspecified atom stereocenters. The van der Waals surface area contributed by atoms with Gasteiger partial charge in [-0.05, 0) is 68.0 Å². The molecule has 0 radical (unpaired) electrons. The van der Waals surface area contributed by atoms with E-state index in [0.29, 0.717) is 8.95 Å². The fraction of sp³-hybridized carbons (Fsp3) is 0.333. The van der Waals surface area contributed by atoms with Crippen molar-refractivity contribution in [3.05, 3.63) is 76.7 Å². The fourth-order valence-corrected chi connectivity index (χ4v) is 4.58. The molecule has 0 spiro atoms. The van der Waals surface area contributed by atoms with Gasteiger partial charge in [0.25, 0.3) is 11.4 Å². The molecule has 1 saturated carbocycles. The molecule has 2 aromatic rings. The first-order valence-electron chi connectivity index (χ1n) is 8.24. The lowest BCUT2D eigenvalue weighted by molar-refractivity contribution is -0.385. The van der Waals surface area contributed by atoms with Gasteiger partial charge in [0, 0.05) is 17.5 Å². The number of nitro groups is 2. The first kappa shape index (κ1) is 19.0. The molecule has 0 aliphatic heterocycles. The van der Waals surface area contributed by atoms with Gasteiger partial charge in [0.05, 0.1) is 18.8 Å². The molecule has 136 valence electrons. The second kappa shape index (κ2) is 7.44. The number of benzene rings is 2. The van der Waals surface area contributed by atoms with Crippen molar-refractivity contribution in [2.45, 2.75) is 37.5 Å². The van der Waals surface area contributed by atoms with Gasteiger partial charge in [-0.1, -0.05) is 31.4 Å². The summed E-state index contributed by atoms with van der Waals surface area (Å²) in [5.41, 5.74) is 1.25. The molecule has 1 fully saturated rings. The Labute approximate surface area is 167 Å². The van der Waals surface area contributed by atoms with Crippen molar-refractivity contribution in [1.29, 1.82) is 0 Å². The minimum atomic E-state index is -0.449. The Bertz CT molecular complexity index is 814. The Morgan fingerprint density at radius 1 is 0.769 bits per heavy atom. The molecule has 0 atom stereocenters. The summed E-state index contributed by atoms with van der Waals surface area (Å²) in [6.07, 6.45) is 4.68. The van der Waals surface area contributed by atoms with E-state index >= 15 is 0 Å². The number of nitro benzene ring substituents is 2. The largest absolute Gasteiger partial charge is 0.283 e. The Kier molecular flexibility index (Phi) is 5.43. The highest BCUT2D eigenvalue weighted by atomic mass is 79.9. The maximum absolute atomic E-state index is 11.4. The minimum Gasteiger partial charge on any atom is -0.258 e. The topological polar surface area (TPSA) is 86.3 Å². The van der Waals surface area contributed by atoms with Crippen LogP contribution in [0.1, 0.15) is 43.2 Å². The fourth-order valence-electron chi connectivity index (χ4n) is 3.80. The maximum atomic E-state index is 11.4. The third-order valence-electron chi connectivity index (χ3n) is 5.10. The minimum absolute atomic E-state index is 0.0130. The van der Waals surface area contributed by atoms with Crippen LogP contribution in [0.2, 0.25) is 0 Å². The van der Waals surface area contributed by atoms with Gasteiger partial charge < -0.3 is 0 Å². The second-order valence-electron chi connectivity index (χ2n) is 6.49. The van der Waals surface area contributed by atoms with Crippen LogP contribution in [0.25, 0.3) is 0 Å². The maximum Gasteiger partial charge on any atom is 0.283 e. The molecule has 6 nitrogen and oxygen atoms in total. The number of hydrogen-bond donors (Lipinski definition) is 0. The Balaban J connectivity index is 2.20. The lowest BCUT2D eigenvalue weighted by Gasteiger charge is -2.38. The van der Waals surface area contributed by atoms with Crippen LogP contribution in [0, 0.1) is 20.2 Å². The van der Waals surface area contributed by atoms with Gasteiger partial charge in [-0.25, -0.2) is 0 Å². The van der Waals surface area contributed by atoms with Gasteiger partial charge in [-0.15, -0.1) is 0 Å². The predicted molar refractivity (Wildman–Crippen MR) is 105 cm³/mol. The van der Waals surface area contributed by atoms with Gasteiger partial charge in [0.15, 0.2) is 0 Å². The number of hydrogen-bond acceptors (Lipinski definition) is 4. The van der Waals surface area contributed by atoms with Gasteiger partial charge in [-0.2, -0.15) is 0 Å². The van der Waals surface area contributed by atoms with Gasteiger partial charge in [0.2, 0.25) is 0 Å². The Morgan fingerprint density at radius 3 is 1.58 bits per heavy atom. The summed E-state index contributed by atoms with van der Waals surface area (Å²) in [7, 11) is 0. The second-order valence-corrected chi connectivity index (χ2v) is 8.20. The zero-order valence-electron chi connectivity index (χ0n) is 13.8. The molecule has 0 bridgehead atoms. The third kappa shape index (κ3) is 3.40. The van der Waals surface area contributed by atoms with Crippen LogP contribution in [0.4, 0.5) is 11.4 Å². The van der Waals surface area contributed by atoms with E-state index in [1.54, 1.807) is 24.3 Å². The first-order chi connectivity index (χ1) is 12.3. The van der Waals surface area contributed by atoms with Crippen molar-refractivity contribution < 1.29 is 9.85 Å². The van der Waals surface area contributed by atoms with E-state index in [1.165, 1.54) is 0 Å². The predicted octanol–water partition coefficient (Wildman–Crippen LogP) is 6.28. The normalized spacial score (nSPS) is 16.2. The van der Waals surface area contributed by atoms with Crippen LogP contribution in [-0.2, 0) is 5.41 Å². The van der Waals surface area contributed by atoms with E-state index in [1.807, 2.05) is 12.1 Å². The van der Waals surface area contributed by atoms with E-state index in [9.17, 15) is 20.2 Å². The molecule has 0 amide bonds. The molecule has 8 heteroatoms. The molecular formula is C18H16Br2N2O4. The summed E-state index contributed by atoms with van der Waals surface area (Å²) in [4.78, 5) is 21.9. The standard InChI is InChI=1S/C18H16Br2N2O4/c19-14-6-4-12(10-16(14)21(23)24)18(8-2-1-3-9-18)13-5-7-15(20)17(11-13)22(25)26/h4-7,10-11H,1-3,8-9H2. The lowest BCUT2D eigenvalue weighted by atomic mass is 9.65. The van der Waals surface area contributed by atoms with Crippen LogP contribution in [-0.4, -0.2) is 9.85 Å². The average molecular weight is 484 g/mol. The molecular weight excluding hydrogens is 468 g/mol. The van der Waals surface area contributed by atoms with Crippen molar-refractivity contribution in [3.63, 3.8) is 0 Å². The SMILES string of the molecule is O=[N+]([O-])c1cc(C2(c3ccc(Br)c([N+](=O)[O-])c3)CCCCC2)ccc1Br. The van der Waals surface area contributed by atoms with Gasteiger partial charge >= 0.3 is 0 Å². The van der Waals surface area contributed by atoms with Crippen LogP contribution >= 0.6 is 31.9 Å². The van der Waals surface area contributed by atoms with Crippen molar-refractivity contribution in [2.24, 2.45) is 0 Å². The number of nitrogens with zero attached hydrogens (tertiary/aromatic N) is 2. The Morgan fingerprint density at radius 2 is 1.19 bits per heavy atom. The summed E-state index contributed by atoms with van der Waals surface area (Å²) in [6, 6.07) is 10.4. The summed E-state index contributed by atoms with van der Waals surface area (Å²) < 4.78 is 0.859. The quantitative estimate of drug-likeness (QED) is 0.378. The molecule has 3 rings (SSSR count). The third-order valence-corrected chi connectivity index (χ3v) is 6.44. The number of halogens is 2. The van der Waals surface area contributed by atoms with Crippen molar-refractivity contribution >= 4 is 43.2 Å². The highest BCUT2D eigenvalue weighted by molar-refractivity contribution is 9.11. The van der Waals surface area contributed by atoms with Crippen LogP contribution in [0.3, 0.4) is 0 Å². The molecule has 0 heterocycles. The van der Waals surface area contributed by atoms with Crippen LogP contribution in [0.5, 0.6) is 0 Å². The van der Waals surface area contributed by atoms with Crippen molar-refractivity contribution in [2.75, 3.05) is 0 Å². The lowest BCUT2D eigenvalue weighted by Crippen LogP contribution is -2.30. The molecule has 1 aliphatic carbocycles. The smallest absolute Gasteiger partial charge is 0.258 e. The van der Waals surface area contributed by atoms with Crippen molar-refractivity contribution in [3.8, 4) is 0 Å². The van der Waals surface area contributed by atoms with E-state index in [-0.39, 0.29) is 11.4 Å². The summed E-state index contributed by atoms with van der Waals surface area (Å²) in [5.74, 6) is 0. The van der Waals surface area contributed by atoms with E-state index in [4.69, 9.17) is 0 Å².